The van der Waals surface area contributed by atoms with Crippen molar-refractivity contribution in [3.8, 4) is 0 Å². The van der Waals surface area contributed by atoms with Crippen LogP contribution in [0.3, 0.4) is 0 Å². The molecule has 1 atom stereocenters. The largest absolute Gasteiger partial charge is 0.450 e. The van der Waals surface area contributed by atoms with Crippen LogP contribution in [0.25, 0.3) is 0 Å². The van der Waals surface area contributed by atoms with Crippen molar-refractivity contribution in [2.45, 2.75) is 19.7 Å². The minimum Gasteiger partial charge on any atom is -0.450 e. The zero-order valence-electron chi connectivity index (χ0n) is 7.57. The molecule has 0 rings (SSSR count). The van der Waals surface area contributed by atoms with E-state index in [-0.39, 0.29) is 0 Å². The van der Waals surface area contributed by atoms with Crippen LogP contribution in [0.2, 0.25) is 0 Å². The van der Waals surface area contributed by atoms with Gasteiger partial charge in [-0.05, 0) is 6.92 Å². The van der Waals surface area contributed by atoms with Gasteiger partial charge in [0, 0.05) is 21.1 Å². The summed E-state index contributed by atoms with van der Waals surface area (Å²) in [7, 11) is -0.788. The van der Waals surface area contributed by atoms with E-state index in [0.29, 0.717) is 0 Å². The van der Waals surface area contributed by atoms with Crippen molar-refractivity contribution in [3.63, 3.8) is 0 Å². The third-order valence-corrected chi connectivity index (χ3v) is 3.30. The molecule has 0 heterocycles. The number of esters is 1. The van der Waals surface area contributed by atoms with Gasteiger partial charge in [-0.1, -0.05) is 0 Å². The molecule has 5 nitrogen and oxygen atoms in total. The van der Waals surface area contributed by atoms with Crippen molar-refractivity contribution in [2.75, 3.05) is 14.2 Å². The molecule has 0 aliphatic heterocycles. The molecule has 0 saturated heterocycles. The molecule has 0 aliphatic carbocycles. The van der Waals surface area contributed by atoms with Gasteiger partial charge in [0.1, 0.15) is 0 Å². The summed E-state index contributed by atoms with van der Waals surface area (Å²) in [6.07, 6.45) is 0. The van der Waals surface area contributed by atoms with E-state index in [1.807, 2.05) is 0 Å². The van der Waals surface area contributed by atoms with E-state index in [1.54, 1.807) is 0 Å². The monoisotopic (exact) mass is 196 g/mol. The molecule has 0 bridgehead atoms. The highest BCUT2D eigenvalue weighted by Gasteiger charge is 2.32. The Hall–Kier alpha value is -0.380. The molecule has 0 amide bonds. The van der Waals surface area contributed by atoms with E-state index in [4.69, 9.17) is 0 Å². The first-order valence-corrected chi connectivity index (χ1v) is 4.96. The molecule has 0 aromatic rings. The molecule has 12 heavy (non-hydrogen) atoms. The summed E-state index contributed by atoms with van der Waals surface area (Å²) in [5.41, 5.74) is 0. The Morgan fingerprint density at radius 3 is 2.00 bits per heavy atom. The standard InChI is InChI=1S/C6H13O5P/c1-5(7)11-6(2)12(8,9-3)10-4/h6H,1-4H3/t6-/m0/s1. The highest BCUT2D eigenvalue weighted by Crippen LogP contribution is 2.51. The maximum atomic E-state index is 11.5. The topological polar surface area (TPSA) is 61.8 Å². The highest BCUT2D eigenvalue weighted by molar-refractivity contribution is 7.54. The van der Waals surface area contributed by atoms with Gasteiger partial charge in [-0.3, -0.25) is 9.36 Å². The van der Waals surface area contributed by atoms with Gasteiger partial charge in [-0.2, -0.15) is 0 Å². The smallest absolute Gasteiger partial charge is 0.370 e. The quantitative estimate of drug-likeness (QED) is 0.502. The second-order valence-electron chi connectivity index (χ2n) is 2.11. The normalized spacial score (nSPS) is 14.0. The predicted molar refractivity (Wildman–Crippen MR) is 42.9 cm³/mol. The van der Waals surface area contributed by atoms with Gasteiger partial charge in [0.05, 0.1) is 0 Å². The van der Waals surface area contributed by atoms with Gasteiger partial charge in [-0.25, -0.2) is 0 Å². The lowest BCUT2D eigenvalue weighted by molar-refractivity contribution is -0.142. The minimum absolute atomic E-state index is 0.517. The Morgan fingerprint density at radius 1 is 1.33 bits per heavy atom. The van der Waals surface area contributed by atoms with Crippen LogP contribution in [0.1, 0.15) is 13.8 Å². The van der Waals surface area contributed by atoms with E-state index in [2.05, 4.69) is 13.8 Å². The first-order chi connectivity index (χ1) is 5.46. The van der Waals surface area contributed by atoms with E-state index in [0.717, 1.165) is 0 Å². The van der Waals surface area contributed by atoms with Crippen LogP contribution in [0.15, 0.2) is 0 Å². The van der Waals surface area contributed by atoms with Crippen LogP contribution >= 0.6 is 7.60 Å². The number of hydrogen-bond donors (Lipinski definition) is 0. The minimum atomic E-state index is -3.27. The summed E-state index contributed by atoms with van der Waals surface area (Å²) < 4.78 is 25.3. The summed E-state index contributed by atoms with van der Waals surface area (Å²) in [5, 5.41) is 0. The lowest BCUT2D eigenvalue weighted by Gasteiger charge is -2.19. The Morgan fingerprint density at radius 2 is 1.75 bits per heavy atom. The molecular weight excluding hydrogens is 183 g/mol. The van der Waals surface area contributed by atoms with Crippen LogP contribution in [0.5, 0.6) is 0 Å². The van der Waals surface area contributed by atoms with Crippen LogP contribution in [0.4, 0.5) is 0 Å². The Bertz CT molecular complexity index is 194. The maximum Gasteiger partial charge on any atom is 0.370 e. The number of hydrogen-bond acceptors (Lipinski definition) is 5. The molecule has 0 unspecified atom stereocenters. The van der Waals surface area contributed by atoms with Gasteiger partial charge in [0.25, 0.3) is 0 Å². The molecule has 0 spiro atoms. The van der Waals surface area contributed by atoms with Crippen molar-refractivity contribution < 1.29 is 23.1 Å². The van der Waals surface area contributed by atoms with Gasteiger partial charge in [0.2, 0.25) is 0 Å². The molecule has 0 aliphatic rings. The van der Waals surface area contributed by atoms with Gasteiger partial charge in [0.15, 0.2) is 5.85 Å². The predicted octanol–water partition coefficient (Wildman–Crippen LogP) is 1.38. The zero-order valence-corrected chi connectivity index (χ0v) is 8.46. The van der Waals surface area contributed by atoms with E-state index >= 15 is 0 Å². The van der Waals surface area contributed by atoms with Gasteiger partial charge < -0.3 is 13.8 Å². The summed E-state index contributed by atoms with van der Waals surface area (Å²) in [6, 6.07) is 0. The fraction of sp³-hybridized carbons (Fsp3) is 0.833. The first-order valence-electron chi connectivity index (χ1n) is 3.34. The van der Waals surface area contributed by atoms with E-state index < -0.39 is 19.4 Å². The average molecular weight is 196 g/mol. The molecule has 0 aromatic heterocycles. The lowest BCUT2D eigenvalue weighted by Crippen LogP contribution is -2.14. The molecule has 0 fully saturated rings. The first kappa shape index (κ1) is 11.6. The average Bonchev–Trinajstić information content (AvgIpc) is 2.02. The van der Waals surface area contributed by atoms with E-state index in [9.17, 15) is 9.36 Å². The lowest BCUT2D eigenvalue weighted by atomic mass is 10.8. The van der Waals surface area contributed by atoms with Crippen LogP contribution < -0.4 is 0 Å². The van der Waals surface area contributed by atoms with Crippen LogP contribution in [-0.4, -0.2) is 26.0 Å². The maximum absolute atomic E-state index is 11.5. The van der Waals surface area contributed by atoms with Crippen molar-refractivity contribution in [2.24, 2.45) is 0 Å². The van der Waals surface area contributed by atoms with Crippen LogP contribution in [0, 0.1) is 0 Å². The summed E-state index contributed by atoms with van der Waals surface area (Å²) in [5.74, 6) is -1.39. The molecule has 0 N–H and O–H groups in total. The Balaban J connectivity index is 4.32. The summed E-state index contributed by atoms with van der Waals surface area (Å²) in [6.45, 7) is 2.68. The fourth-order valence-electron chi connectivity index (χ4n) is 0.676. The second-order valence-corrected chi connectivity index (χ2v) is 4.65. The molecule has 0 saturated carbocycles. The Kier molecular flexibility index (Phi) is 4.45. The third kappa shape index (κ3) is 2.93. The van der Waals surface area contributed by atoms with Crippen molar-refractivity contribution in [1.82, 2.24) is 0 Å². The number of ether oxygens (including phenoxy) is 1. The molecular formula is C6H13O5P. The molecule has 0 aromatic carbocycles. The third-order valence-electron chi connectivity index (χ3n) is 1.29. The van der Waals surface area contributed by atoms with Crippen molar-refractivity contribution in [1.29, 1.82) is 0 Å². The second kappa shape index (κ2) is 4.60. The summed E-state index contributed by atoms with van der Waals surface area (Å²) >= 11 is 0. The Labute approximate surface area is 71.5 Å². The van der Waals surface area contributed by atoms with Gasteiger partial charge in [-0.15, -0.1) is 0 Å². The molecule has 0 radical (unpaired) electrons. The number of carbonyl (C=O) groups is 1. The SMILES string of the molecule is COP(=O)(OC)[C@@H](C)OC(C)=O. The van der Waals surface area contributed by atoms with Crippen molar-refractivity contribution in [3.05, 3.63) is 0 Å². The summed E-state index contributed by atoms with van der Waals surface area (Å²) in [4.78, 5) is 10.5. The van der Waals surface area contributed by atoms with E-state index in [1.165, 1.54) is 28.1 Å². The number of rotatable bonds is 4. The molecule has 6 heteroatoms. The highest BCUT2D eigenvalue weighted by atomic mass is 31.2. The van der Waals surface area contributed by atoms with Crippen molar-refractivity contribution >= 4 is 13.6 Å². The molecule has 72 valence electrons. The zero-order chi connectivity index (χ0) is 9.78. The fourth-order valence-corrected chi connectivity index (χ4v) is 1.70. The van der Waals surface area contributed by atoms with Gasteiger partial charge >= 0.3 is 13.6 Å². The van der Waals surface area contributed by atoms with Crippen LogP contribution in [-0.2, 0) is 23.1 Å². The number of carbonyl (C=O) groups excluding carboxylic acids is 1.